The van der Waals surface area contributed by atoms with Crippen molar-refractivity contribution in [3.05, 3.63) is 62.1 Å². The smallest absolute Gasteiger partial charge is 0.148 e. The molecule has 2 aromatic rings. The molecule has 1 unspecified atom stereocenters. The zero-order valence-electron chi connectivity index (χ0n) is 11.5. The Bertz CT molecular complexity index is 646. The maximum atomic E-state index is 14.4. The van der Waals surface area contributed by atoms with E-state index in [1.54, 1.807) is 19.2 Å². The first-order valence-corrected chi connectivity index (χ1v) is 7.37. The van der Waals surface area contributed by atoms with Crippen LogP contribution in [0, 0.1) is 19.7 Å². The van der Waals surface area contributed by atoms with Crippen molar-refractivity contribution >= 4 is 27.5 Å². The highest BCUT2D eigenvalue weighted by molar-refractivity contribution is 9.10. The minimum atomic E-state index is -0.416. The van der Waals surface area contributed by atoms with Crippen LogP contribution in [0.5, 0.6) is 0 Å². The van der Waals surface area contributed by atoms with E-state index in [2.05, 4.69) is 26.2 Å². The third-order valence-corrected chi connectivity index (χ3v) is 4.50. The van der Waals surface area contributed by atoms with Gasteiger partial charge in [-0.3, -0.25) is 4.98 Å². The number of nitrogens with one attached hydrogen (secondary N) is 1. The molecule has 20 heavy (non-hydrogen) atoms. The lowest BCUT2D eigenvalue weighted by Crippen LogP contribution is -2.20. The first kappa shape index (κ1) is 15.4. The van der Waals surface area contributed by atoms with Crippen LogP contribution in [-0.2, 0) is 0 Å². The second kappa shape index (κ2) is 6.20. The van der Waals surface area contributed by atoms with Crippen LogP contribution in [0.1, 0.15) is 28.6 Å². The van der Waals surface area contributed by atoms with Crippen LogP contribution in [0.15, 0.2) is 28.7 Å². The Morgan fingerprint density at radius 2 is 1.85 bits per heavy atom. The van der Waals surface area contributed by atoms with E-state index in [1.807, 2.05) is 26.0 Å². The molecule has 0 aliphatic carbocycles. The molecule has 0 aliphatic rings. The summed E-state index contributed by atoms with van der Waals surface area (Å²) in [6, 6.07) is 7.08. The Labute approximate surface area is 131 Å². The normalized spacial score (nSPS) is 12.5. The maximum absolute atomic E-state index is 14.4. The summed E-state index contributed by atoms with van der Waals surface area (Å²) in [4.78, 5) is 4.43. The molecule has 0 bridgehead atoms. The number of benzene rings is 1. The molecule has 1 atom stereocenters. The zero-order valence-corrected chi connectivity index (χ0v) is 13.8. The molecule has 5 heteroatoms. The van der Waals surface area contributed by atoms with Crippen LogP contribution in [0.3, 0.4) is 0 Å². The lowest BCUT2D eigenvalue weighted by molar-refractivity contribution is 0.574. The van der Waals surface area contributed by atoms with Crippen LogP contribution >= 0.6 is 27.5 Å². The molecule has 0 amide bonds. The zero-order chi connectivity index (χ0) is 14.9. The molecule has 1 N–H and O–H groups in total. The summed E-state index contributed by atoms with van der Waals surface area (Å²) < 4.78 is 14.9. The second-order valence-corrected chi connectivity index (χ2v) is 5.85. The minimum Gasteiger partial charge on any atom is -0.309 e. The van der Waals surface area contributed by atoms with Crippen molar-refractivity contribution in [2.75, 3.05) is 7.05 Å². The van der Waals surface area contributed by atoms with E-state index in [4.69, 9.17) is 11.6 Å². The summed E-state index contributed by atoms with van der Waals surface area (Å²) >= 11 is 9.20. The molecule has 0 aliphatic heterocycles. The highest BCUT2D eigenvalue weighted by Gasteiger charge is 2.21. The predicted octanol–water partition coefficient (Wildman–Crippen LogP) is 4.56. The van der Waals surface area contributed by atoms with Crippen molar-refractivity contribution in [3.8, 4) is 0 Å². The molecular formula is C15H15BrClFN2. The molecule has 0 saturated heterocycles. The number of hydrogen-bond acceptors (Lipinski definition) is 2. The third-order valence-electron chi connectivity index (χ3n) is 3.24. The molecule has 2 nitrogen and oxygen atoms in total. The van der Waals surface area contributed by atoms with Crippen LogP contribution < -0.4 is 5.32 Å². The lowest BCUT2D eigenvalue weighted by atomic mass is 9.97. The van der Waals surface area contributed by atoms with E-state index in [-0.39, 0.29) is 11.1 Å². The number of aryl methyl sites for hydroxylation is 2. The second-order valence-electron chi connectivity index (χ2n) is 4.61. The monoisotopic (exact) mass is 356 g/mol. The molecular weight excluding hydrogens is 343 g/mol. The highest BCUT2D eigenvalue weighted by atomic mass is 79.9. The maximum Gasteiger partial charge on any atom is 0.148 e. The van der Waals surface area contributed by atoms with Crippen LogP contribution in [-0.4, -0.2) is 12.0 Å². The Balaban J connectivity index is 2.55. The SMILES string of the molecule is CNC(c1ccc(C)nc1C)c1ccc(Br)c(Cl)c1F. The molecule has 2 rings (SSSR count). The standard InChI is InChI=1S/C15H15BrClFN2/c1-8-4-5-10(9(2)20-8)15(19-3)11-6-7-12(16)13(17)14(11)18/h4-7,15,19H,1-3H3. The van der Waals surface area contributed by atoms with Gasteiger partial charge in [0.2, 0.25) is 0 Å². The molecule has 1 heterocycles. The largest absolute Gasteiger partial charge is 0.309 e. The molecule has 1 aromatic heterocycles. The van der Waals surface area contributed by atoms with Gasteiger partial charge in [-0.2, -0.15) is 0 Å². The summed E-state index contributed by atoms with van der Waals surface area (Å²) in [6.07, 6.45) is 0. The number of pyridine rings is 1. The van der Waals surface area contributed by atoms with Crippen LogP contribution in [0.4, 0.5) is 4.39 Å². The van der Waals surface area contributed by atoms with Crippen LogP contribution in [0.25, 0.3) is 0 Å². The highest BCUT2D eigenvalue weighted by Crippen LogP contribution is 2.33. The summed E-state index contributed by atoms with van der Waals surface area (Å²) in [5.41, 5.74) is 3.27. The van der Waals surface area contributed by atoms with Gasteiger partial charge in [-0.25, -0.2) is 4.39 Å². The first-order valence-electron chi connectivity index (χ1n) is 6.20. The van der Waals surface area contributed by atoms with E-state index in [9.17, 15) is 4.39 Å². The summed E-state index contributed by atoms with van der Waals surface area (Å²) in [6.45, 7) is 3.85. The van der Waals surface area contributed by atoms with Gasteiger partial charge < -0.3 is 5.32 Å². The Morgan fingerprint density at radius 1 is 1.20 bits per heavy atom. The summed E-state index contributed by atoms with van der Waals surface area (Å²) in [7, 11) is 1.79. The third kappa shape index (κ3) is 2.87. The first-order chi connectivity index (χ1) is 9.45. The van der Waals surface area contributed by atoms with Gasteiger partial charge in [0.1, 0.15) is 5.82 Å². The van der Waals surface area contributed by atoms with Gasteiger partial charge >= 0.3 is 0 Å². The number of nitrogens with zero attached hydrogens (tertiary/aromatic N) is 1. The average molecular weight is 358 g/mol. The quantitative estimate of drug-likeness (QED) is 0.814. The van der Waals surface area contributed by atoms with Crippen molar-refractivity contribution in [3.63, 3.8) is 0 Å². The van der Waals surface area contributed by atoms with E-state index in [0.717, 1.165) is 17.0 Å². The number of hydrogen-bond donors (Lipinski definition) is 1. The fraction of sp³-hybridized carbons (Fsp3) is 0.267. The van der Waals surface area contributed by atoms with Crippen molar-refractivity contribution in [1.82, 2.24) is 10.3 Å². The molecule has 0 fully saturated rings. The number of rotatable bonds is 3. The van der Waals surface area contributed by atoms with Gasteiger partial charge in [0.05, 0.1) is 11.1 Å². The topological polar surface area (TPSA) is 24.9 Å². The summed E-state index contributed by atoms with van der Waals surface area (Å²) in [5.74, 6) is -0.416. The minimum absolute atomic E-state index is 0.0977. The Morgan fingerprint density at radius 3 is 2.45 bits per heavy atom. The fourth-order valence-corrected chi connectivity index (χ4v) is 2.72. The van der Waals surface area contributed by atoms with Crippen molar-refractivity contribution in [1.29, 1.82) is 0 Å². The fourth-order valence-electron chi connectivity index (χ4n) is 2.24. The van der Waals surface area contributed by atoms with Crippen LogP contribution in [0.2, 0.25) is 5.02 Å². The van der Waals surface area contributed by atoms with Crippen molar-refractivity contribution < 1.29 is 4.39 Å². The molecule has 0 saturated carbocycles. The van der Waals surface area contributed by atoms with Gasteiger partial charge in [0, 0.05) is 21.4 Å². The van der Waals surface area contributed by atoms with E-state index >= 15 is 0 Å². The van der Waals surface area contributed by atoms with Gasteiger partial charge in [-0.15, -0.1) is 0 Å². The molecule has 106 valence electrons. The number of halogens is 3. The van der Waals surface area contributed by atoms with Crippen molar-refractivity contribution in [2.24, 2.45) is 0 Å². The molecule has 1 aromatic carbocycles. The Kier molecular flexibility index (Phi) is 4.78. The van der Waals surface area contributed by atoms with Gasteiger partial charge in [0.15, 0.2) is 0 Å². The molecule has 0 spiro atoms. The summed E-state index contributed by atoms with van der Waals surface area (Å²) in [5, 5.41) is 3.23. The lowest BCUT2D eigenvalue weighted by Gasteiger charge is -2.20. The predicted molar refractivity (Wildman–Crippen MR) is 83.7 cm³/mol. The molecule has 0 radical (unpaired) electrons. The van der Waals surface area contributed by atoms with Gasteiger partial charge in [0.25, 0.3) is 0 Å². The average Bonchev–Trinajstić information content (AvgIpc) is 2.41. The van der Waals surface area contributed by atoms with E-state index in [0.29, 0.717) is 10.0 Å². The van der Waals surface area contributed by atoms with E-state index < -0.39 is 5.82 Å². The number of aromatic nitrogens is 1. The van der Waals surface area contributed by atoms with Gasteiger partial charge in [-0.1, -0.05) is 23.7 Å². The van der Waals surface area contributed by atoms with E-state index in [1.165, 1.54) is 0 Å². The Hall–Kier alpha value is -0.970. The van der Waals surface area contributed by atoms with Gasteiger partial charge in [-0.05, 0) is 54.5 Å². The van der Waals surface area contributed by atoms with Crippen molar-refractivity contribution in [2.45, 2.75) is 19.9 Å².